The van der Waals surface area contributed by atoms with Crippen molar-refractivity contribution < 1.29 is 22.8 Å². The lowest BCUT2D eigenvalue weighted by Gasteiger charge is -2.20. The van der Waals surface area contributed by atoms with Crippen LogP contribution in [-0.2, 0) is 17.5 Å². The average molecular weight is 563 g/mol. The zero-order valence-corrected chi connectivity index (χ0v) is 21.8. The van der Waals surface area contributed by atoms with Crippen molar-refractivity contribution in [1.82, 2.24) is 24.8 Å². The van der Waals surface area contributed by atoms with Gasteiger partial charge in [-0.2, -0.15) is 13.2 Å². The van der Waals surface area contributed by atoms with Gasteiger partial charge in [0.1, 0.15) is 6.33 Å². The summed E-state index contributed by atoms with van der Waals surface area (Å²) in [5.41, 5.74) is 7.49. The molecule has 0 radical (unpaired) electrons. The molecule has 0 aliphatic carbocycles. The Morgan fingerprint density at radius 2 is 1.90 bits per heavy atom. The number of nitrogens with two attached hydrogens (primary N) is 1. The van der Waals surface area contributed by atoms with Gasteiger partial charge in [-0.15, -0.1) is 0 Å². The number of likely N-dealkylation sites (tertiary alicyclic amines) is 1. The maximum atomic E-state index is 13.9. The SMILES string of the molecule is Cc1ccc(NC(=O)c2ccc(CN3CC[C@H](N)C3=O)c(C(F)(F)F)c2)cc1Nc1nccc(-c2cncnc2)n1. The molecule has 10 nitrogen and oxygen atoms in total. The van der Waals surface area contributed by atoms with E-state index >= 15 is 0 Å². The standard InChI is InChI=1S/C28H25F3N8O2/c1-16-2-5-20(11-24(16)38-27-35-8-6-23(37-27)19-12-33-15-34-13-19)36-25(40)17-3-4-18(21(10-17)28(29,30)31)14-39-9-7-22(32)26(39)41/h2-6,8,10-13,15,22H,7,9,14,32H2,1H3,(H,36,40)(H,35,37,38)/t22-/m0/s1. The monoisotopic (exact) mass is 562 g/mol. The fraction of sp³-hybridized carbons (Fsp3) is 0.214. The Labute approximate surface area is 232 Å². The Morgan fingerprint density at radius 1 is 1.12 bits per heavy atom. The highest BCUT2D eigenvalue weighted by Gasteiger charge is 2.36. The molecule has 0 bridgehead atoms. The van der Waals surface area contributed by atoms with Crippen molar-refractivity contribution in [3.05, 3.63) is 89.6 Å². The predicted molar refractivity (Wildman–Crippen MR) is 145 cm³/mol. The summed E-state index contributed by atoms with van der Waals surface area (Å²) in [6.45, 7) is 1.88. The van der Waals surface area contributed by atoms with Crippen LogP contribution in [0.5, 0.6) is 0 Å². The largest absolute Gasteiger partial charge is 0.416 e. The molecule has 1 atom stereocenters. The van der Waals surface area contributed by atoms with Gasteiger partial charge >= 0.3 is 6.18 Å². The van der Waals surface area contributed by atoms with Gasteiger partial charge in [0, 0.05) is 54.2 Å². The van der Waals surface area contributed by atoms with Gasteiger partial charge in [0.2, 0.25) is 11.9 Å². The number of hydrogen-bond acceptors (Lipinski definition) is 8. The Kier molecular flexibility index (Phi) is 7.62. The van der Waals surface area contributed by atoms with Gasteiger partial charge < -0.3 is 21.3 Å². The van der Waals surface area contributed by atoms with Gasteiger partial charge in [0.05, 0.1) is 17.3 Å². The van der Waals surface area contributed by atoms with Crippen LogP contribution in [0.3, 0.4) is 0 Å². The first-order valence-electron chi connectivity index (χ1n) is 12.6. The number of nitrogens with zero attached hydrogens (tertiary/aromatic N) is 5. The van der Waals surface area contributed by atoms with Crippen LogP contribution < -0.4 is 16.4 Å². The quantitative estimate of drug-likeness (QED) is 0.303. The molecule has 0 unspecified atom stereocenters. The normalized spacial score (nSPS) is 15.2. The lowest BCUT2D eigenvalue weighted by atomic mass is 10.0. The number of benzene rings is 2. The lowest BCUT2D eigenvalue weighted by molar-refractivity contribution is -0.139. The average Bonchev–Trinajstić information content (AvgIpc) is 3.27. The molecule has 2 aromatic carbocycles. The fourth-order valence-corrected chi connectivity index (χ4v) is 4.41. The number of aromatic nitrogens is 4. The molecular formula is C28H25F3N8O2. The van der Waals surface area contributed by atoms with E-state index in [0.29, 0.717) is 35.0 Å². The molecule has 2 amide bonds. The van der Waals surface area contributed by atoms with E-state index in [-0.39, 0.29) is 24.2 Å². The van der Waals surface area contributed by atoms with Crippen molar-refractivity contribution in [2.45, 2.75) is 32.1 Å². The predicted octanol–water partition coefficient (Wildman–Crippen LogP) is 4.32. The van der Waals surface area contributed by atoms with Gasteiger partial charge in [-0.1, -0.05) is 12.1 Å². The van der Waals surface area contributed by atoms with E-state index in [4.69, 9.17) is 5.73 Å². The van der Waals surface area contributed by atoms with Crippen LogP contribution in [0.25, 0.3) is 11.3 Å². The number of alkyl halides is 3. The number of anilines is 3. The van der Waals surface area contributed by atoms with Crippen LogP contribution in [0.15, 0.2) is 67.4 Å². The highest BCUT2D eigenvalue weighted by molar-refractivity contribution is 6.04. The zero-order chi connectivity index (χ0) is 29.1. The Bertz CT molecular complexity index is 1600. The minimum atomic E-state index is -4.72. The topological polar surface area (TPSA) is 139 Å². The molecular weight excluding hydrogens is 537 g/mol. The molecule has 1 saturated heterocycles. The van der Waals surface area contributed by atoms with Gasteiger partial charge in [-0.3, -0.25) is 9.59 Å². The van der Waals surface area contributed by atoms with Gasteiger partial charge in [-0.05, 0) is 54.8 Å². The van der Waals surface area contributed by atoms with Crippen molar-refractivity contribution in [1.29, 1.82) is 0 Å². The summed E-state index contributed by atoms with van der Waals surface area (Å²) in [5.74, 6) is -0.825. The summed E-state index contributed by atoms with van der Waals surface area (Å²) >= 11 is 0. The van der Waals surface area contributed by atoms with E-state index in [0.717, 1.165) is 11.6 Å². The summed E-state index contributed by atoms with van der Waals surface area (Å²) < 4.78 is 41.8. The van der Waals surface area contributed by atoms with E-state index in [2.05, 4.69) is 30.6 Å². The number of halogens is 3. The first kappa shape index (κ1) is 27.6. The summed E-state index contributed by atoms with van der Waals surface area (Å²) in [4.78, 5) is 43.1. The molecule has 210 valence electrons. The number of amides is 2. The molecule has 1 aliphatic heterocycles. The highest BCUT2D eigenvalue weighted by Crippen LogP contribution is 2.34. The molecule has 1 fully saturated rings. The minimum absolute atomic E-state index is 0.109. The number of hydrogen-bond donors (Lipinski definition) is 3. The number of carbonyl (C=O) groups is 2. The lowest BCUT2D eigenvalue weighted by Crippen LogP contribution is -2.34. The second kappa shape index (κ2) is 11.3. The third-order valence-corrected chi connectivity index (χ3v) is 6.63. The van der Waals surface area contributed by atoms with E-state index in [1.54, 1.807) is 42.9 Å². The molecule has 2 aromatic heterocycles. The molecule has 41 heavy (non-hydrogen) atoms. The summed E-state index contributed by atoms with van der Waals surface area (Å²) in [7, 11) is 0. The fourth-order valence-electron chi connectivity index (χ4n) is 4.41. The molecule has 4 aromatic rings. The van der Waals surface area contributed by atoms with Crippen LogP contribution in [0.2, 0.25) is 0 Å². The molecule has 4 N–H and O–H groups in total. The Balaban J connectivity index is 1.34. The van der Waals surface area contributed by atoms with Gasteiger partial charge in [0.25, 0.3) is 5.91 Å². The first-order chi connectivity index (χ1) is 19.6. The van der Waals surface area contributed by atoms with Crippen LogP contribution in [-0.4, -0.2) is 49.2 Å². The third-order valence-electron chi connectivity index (χ3n) is 6.63. The van der Waals surface area contributed by atoms with Crippen molar-refractivity contribution in [2.24, 2.45) is 5.73 Å². The van der Waals surface area contributed by atoms with Crippen LogP contribution in [0, 0.1) is 6.92 Å². The molecule has 3 heterocycles. The molecule has 0 spiro atoms. The van der Waals surface area contributed by atoms with Gasteiger partial charge in [0.15, 0.2) is 0 Å². The van der Waals surface area contributed by atoms with Crippen LogP contribution in [0.4, 0.5) is 30.5 Å². The number of nitrogens with one attached hydrogen (secondary N) is 2. The maximum absolute atomic E-state index is 13.9. The van der Waals surface area contributed by atoms with E-state index < -0.39 is 29.6 Å². The highest BCUT2D eigenvalue weighted by atomic mass is 19.4. The molecule has 0 saturated carbocycles. The van der Waals surface area contributed by atoms with Crippen molar-refractivity contribution in [3.63, 3.8) is 0 Å². The minimum Gasteiger partial charge on any atom is -0.337 e. The van der Waals surface area contributed by atoms with Crippen molar-refractivity contribution in [2.75, 3.05) is 17.2 Å². The third kappa shape index (κ3) is 6.30. The first-order valence-corrected chi connectivity index (χ1v) is 12.6. The second-order valence-corrected chi connectivity index (χ2v) is 9.53. The van der Waals surface area contributed by atoms with Crippen molar-refractivity contribution in [3.8, 4) is 11.3 Å². The Morgan fingerprint density at radius 3 is 2.61 bits per heavy atom. The molecule has 13 heteroatoms. The zero-order valence-electron chi connectivity index (χ0n) is 21.8. The maximum Gasteiger partial charge on any atom is 0.416 e. The Hall–Kier alpha value is -4.91. The van der Waals surface area contributed by atoms with E-state index in [1.807, 2.05) is 6.92 Å². The van der Waals surface area contributed by atoms with Crippen LogP contribution >= 0.6 is 0 Å². The summed E-state index contributed by atoms with van der Waals surface area (Å²) in [6, 6.07) is 9.34. The smallest absolute Gasteiger partial charge is 0.337 e. The molecule has 5 rings (SSSR count). The van der Waals surface area contributed by atoms with Gasteiger partial charge in [-0.25, -0.2) is 19.9 Å². The van der Waals surface area contributed by atoms with Crippen LogP contribution in [0.1, 0.15) is 33.5 Å². The number of rotatable bonds is 7. The summed E-state index contributed by atoms with van der Waals surface area (Å²) in [6.07, 6.45) is 1.90. The van der Waals surface area contributed by atoms with E-state index in [1.165, 1.54) is 23.4 Å². The van der Waals surface area contributed by atoms with Crippen molar-refractivity contribution >= 4 is 29.1 Å². The number of aryl methyl sites for hydroxylation is 1. The second-order valence-electron chi connectivity index (χ2n) is 9.53. The molecule has 1 aliphatic rings. The van der Waals surface area contributed by atoms with E-state index in [9.17, 15) is 22.8 Å². The number of carbonyl (C=O) groups excluding carboxylic acids is 2. The summed E-state index contributed by atoms with van der Waals surface area (Å²) in [5, 5.41) is 5.76.